The van der Waals surface area contributed by atoms with Crippen LogP contribution >= 0.6 is 0 Å². The number of benzene rings is 3. The smallest absolute Gasteiger partial charge is 0.328 e. The lowest BCUT2D eigenvalue weighted by Crippen LogP contribution is -2.62. The topological polar surface area (TPSA) is 651 Å². The van der Waals surface area contributed by atoms with Gasteiger partial charge in [0, 0.05) is 32.4 Å². The standard InChI is InChI=1S/C74H115N21O17/c1-40(2)34-53(91-68(107)54(36-44-18-10-8-11-19-44)86-58(100)39-84-57(99)38-85-62(101)48(76)35-46-25-27-47(97)28-26-46)67(106)89-51(24-17-33-83-74(80)81)63(102)87-50(23-16-32-82-73(78)79)64(103)90-52(29-30-56(77)98)65(104)92-55(37-45-20-12-9-13-21-45)69(108)88-49(22-14-15-31-75)66(105)93-59(41(3)4)70(109)94-60(42(5)6)71(110)95-61(43(7)96)72(111)112/h8-13,18-21,25-28,40-43,48-55,59-61,96-97H,14-17,22-24,29-39,75-76H2,1-7H3,(H2,77,98)(H,84,99)(H,85,101)(H,86,100)(H,87,102)(H,88,108)(H,89,106)(H,90,103)(H,91,107)(H,92,104)(H,93,105)(H,94,109)(H,95,110)(H,111,112)(H4,78,79,82)(H4,80,81,83)/t43-,48-,49-,50-,51-,52+,53-,54-,55+,59+,60+,61+/m0/s1. The molecule has 0 bridgehead atoms. The Kier molecular flexibility index (Phi) is 41.9. The Hall–Kier alpha value is -11.5. The SMILES string of the molecule is CC(C)C[C@H](NC(=O)[C@H](Cc1ccccc1)NC(=O)CNC(=O)CNC(=O)[C@@H](N)Cc1ccc(O)cc1)C(=O)N[C@@H](CCCN=C(N)N)C(=O)N[C@@H](CCCN=C(N)N)C(=O)N[C@H](CCC(N)=O)C(=O)N[C@H](Cc1ccccc1)C(=O)N[C@@H](CCCCN)C(=O)N[C@@H](C(=O)N[C@@H](C(=O)N[C@@H](C(=O)O)[C@H](C)O)C(C)C)C(C)C. The molecule has 0 fully saturated rings. The minimum atomic E-state index is -1.72. The summed E-state index contributed by atoms with van der Waals surface area (Å²) in [4.78, 5) is 202. The van der Waals surface area contributed by atoms with Crippen LogP contribution in [0.3, 0.4) is 0 Å². The van der Waals surface area contributed by atoms with Gasteiger partial charge in [0.15, 0.2) is 18.0 Å². The van der Waals surface area contributed by atoms with E-state index < -0.39 is 193 Å². The van der Waals surface area contributed by atoms with Gasteiger partial charge in [0.2, 0.25) is 76.8 Å². The normalized spacial score (nSPS) is 14.3. The third kappa shape index (κ3) is 36.3. The molecule has 0 saturated carbocycles. The summed E-state index contributed by atoms with van der Waals surface area (Å²) >= 11 is 0. The molecule has 12 atom stereocenters. The lowest BCUT2D eigenvalue weighted by molar-refractivity contribution is -0.145. The Bertz CT molecular complexity index is 3650. The number of aliphatic hydroxyl groups is 1. The first-order valence-electron chi connectivity index (χ1n) is 37.1. The van der Waals surface area contributed by atoms with Gasteiger partial charge in [-0.3, -0.25) is 72.3 Å². The molecule has 0 aliphatic carbocycles. The maximum absolute atomic E-state index is 14.9. The van der Waals surface area contributed by atoms with Gasteiger partial charge >= 0.3 is 5.97 Å². The predicted molar refractivity (Wildman–Crippen MR) is 415 cm³/mol. The number of hydrogen-bond acceptors (Lipinski definition) is 20. The van der Waals surface area contributed by atoms with Crippen LogP contribution in [0.5, 0.6) is 5.75 Å². The summed E-state index contributed by atoms with van der Waals surface area (Å²) < 4.78 is 0. The number of nitrogens with two attached hydrogens (primary N) is 7. The van der Waals surface area contributed by atoms with E-state index in [9.17, 15) is 82.4 Å². The molecule has 0 aliphatic rings. The lowest BCUT2D eigenvalue weighted by Gasteiger charge is -2.30. The van der Waals surface area contributed by atoms with Crippen LogP contribution in [0.25, 0.3) is 0 Å². The lowest BCUT2D eigenvalue weighted by atomic mass is 9.98. The number of guanidine groups is 2. The maximum atomic E-state index is 14.9. The summed E-state index contributed by atoms with van der Waals surface area (Å²) in [5.74, 6) is -15.3. The number of hydrogen-bond donors (Lipinski definition) is 22. The number of phenolic OH excluding ortho intramolecular Hbond substituents is 1. The molecule has 3 aromatic rings. The van der Waals surface area contributed by atoms with Crippen molar-refractivity contribution in [1.29, 1.82) is 0 Å². The summed E-state index contributed by atoms with van der Waals surface area (Å²) in [5, 5.41) is 60.0. The molecule has 38 nitrogen and oxygen atoms in total. The second kappa shape index (κ2) is 49.6. The maximum Gasteiger partial charge on any atom is 0.328 e. The third-order valence-corrected chi connectivity index (χ3v) is 17.4. The molecule has 13 amide bonds. The summed E-state index contributed by atoms with van der Waals surface area (Å²) in [7, 11) is 0. The number of amides is 13. The highest BCUT2D eigenvalue weighted by atomic mass is 16.4. The Morgan fingerprint density at radius 1 is 0.402 bits per heavy atom. The van der Waals surface area contributed by atoms with E-state index >= 15 is 0 Å². The Morgan fingerprint density at radius 3 is 1.20 bits per heavy atom. The number of unbranched alkanes of at least 4 members (excludes halogenated alkanes) is 1. The molecular formula is C74H115N21O17. The molecule has 0 radical (unpaired) electrons. The number of nitrogens with zero attached hydrogens (tertiary/aromatic N) is 2. The Labute approximate surface area is 650 Å². The zero-order valence-electron chi connectivity index (χ0n) is 64.5. The highest BCUT2D eigenvalue weighted by Gasteiger charge is 2.38. The van der Waals surface area contributed by atoms with Crippen molar-refractivity contribution in [2.24, 2.45) is 67.9 Å². The monoisotopic (exact) mass is 1570 g/mol. The number of phenols is 1. The van der Waals surface area contributed by atoms with Gasteiger partial charge in [0.05, 0.1) is 25.2 Å². The molecule has 0 aliphatic heterocycles. The van der Waals surface area contributed by atoms with Crippen LogP contribution in [0.2, 0.25) is 0 Å². The number of carboxylic acids is 1. The van der Waals surface area contributed by atoms with Crippen molar-refractivity contribution in [2.75, 3.05) is 32.7 Å². The second-order valence-electron chi connectivity index (χ2n) is 28.2. The van der Waals surface area contributed by atoms with Gasteiger partial charge in [-0.25, -0.2) is 4.79 Å². The highest BCUT2D eigenvalue weighted by Crippen LogP contribution is 2.16. The molecule has 0 spiro atoms. The number of carboxylic acid groups (broad SMARTS) is 1. The summed E-state index contributed by atoms with van der Waals surface area (Å²) in [5.41, 5.74) is 41.7. The van der Waals surface area contributed by atoms with Gasteiger partial charge < -0.3 is 119 Å². The first kappa shape index (κ1) is 94.7. The largest absolute Gasteiger partial charge is 0.508 e. The number of aliphatic carboxylic acids is 1. The number of nitrogens with one attached hydrogen (secondary N) is 12. The fourth-order valence-electron chi connectivity index (χ4n) is 11.3. The van der Waals surface area contributed by atoms with Crippen LogP contribution in [0, 0.1) is 17.8 Å². The van der Waals surface area contributed by atoms with Gasteiger partial charge in [0.25, 0.3) is 0 Å². The molecule has 618 valence electrons. The molecule has 0 unspecified atom stereocenters. The molecule has 0 saturated heterocycles. The molecule has 0 heterocycles. The van der Waals surface area contributed by atoms with E-state index in [1.807, 2.05) is 0 Å². The van der Waals surface area contributed by atoms with Gasteiger partial charge in [-0.1, -0.05) is 114 Å². The van der Waals surface area contributed by atoms with Crippen LogP contribution < -0.4 is 104 Å². The Morgan fingerprint density at radius 2 is 0.777 bits per heavy atom. The number of carbonyl (C=O) groups excluding carboxylic acids is 13. The minimum Gasteiger partial charge on any atom is -0.508 e. The van der Waals surface area contributed by atoms with E-state index in [1.54, 1.807) is 114 Å². The van der Waals surface area contributed by atoms with Crippen molar-refractivity contribution in [2.45, 2.75) is 205 Å². The van der Waals surface area contributed by atoms with Gasteiger partial charge in [0.1, 0.15) is 60.1 Å². The van der Waals surface area contributed by atoms with Crippen molar-refractivity contribution in [3.63, 3.8) is 0 Å². The number of aliphatic imine (C=N–C) groups is 2. The first-order valence-corrected chi connectivity index (χ1v) is 37.1. The van der Waals surface area contributed by atoms with E-state index in [2.05, 4.69) is 73.8 Å². The number of aliphatic hydroxyl groups excluding tert-OH is 1. The van der Waals surface area contributed by atoms with Crippen molar-refractivity contribution in [3.8, 4) is 5.75 Å². The van der Waals surface area contributed by atoms with Crippen LogP contribution in [0.4, 0.5) is 0 Å². The third-order valence-electron chi connectivity index (χ3n) is 17.4. The van der Waals surface area contributed by atoms with Crippen LogP contribution in [-0.4, -0.2) is 215 Å². The van der Waals surface area contributed by atoms with Gasteiger partial charge in [-0.15, -0.1) is 0 Å². The molecule has 3 rings (SSSR count). The van der Waals surface area contributed by atoms with E-state index in [0.717, 1.165) is 6.92 Å². The van der Waals surface area contributed by atoms with Crippen molar-refractivity contribution in [3.05, 3.63) is 102 Å². The molecule has 3 aromatic carbocycles. The van der Waals surface area contributed by atoms with Gasteiger partial charge in [-0.05, 0) is 124 Å². The van der Waals surface area contributed by atoms with Crippen LogP contribution in [-0.2, 0) is 86.4 Å². The average Bonchev–Trinajstić information content (AvgIpc) is 0.853. The van der Waals surface area contributed by atoms with Crippen molar-refractivity contribution in [1.82, 2.24) is 63.8 Å². The van der Waals surface area contributed by atoms with E-state index in [-0.39, 0.29) is 107 Å². The van der Waals surface area contributed by atoms with E-state index in [0.29, 0.717) is 23.1 Å². The summed E-state index contributed by atoms with van der Waals surface area (Å²) in [6.07, 6.45) is -2.63. The quantitative estimate of drug-likeness (QED) is 0.0143. The van der Waals surface area contributed by atoms with Crippen molar-refractivity contribution >= 4 is 94.7 Å². The zero-order chi connectivity index (χ0) is 83.7. The fraction of sp³-hybridized carbons (Fsp3) is 0.541. The van der Waals surface area contributed by atoms with E-state index in [4.69, 9.17) is 40.1 Å². The number of carbonyl (C=O) groups is 14. The molecule has 112 heavy (non-hydrogen) atoms. The predicted octanol–water partition coefficient (Wildman–Crippen LogP) is -4.85. The summed E-state index contributed by atoms with van der Waals surface area (Å²) in [6, 6.07) is 6.77. The number of primary amides is 1. The number of rotatable bonds is 51. The second-order valence-corrected chi connectivity index (χ2v) is 28.2. The molecule has 38 heteroatoms. The zero-order valence-corrected chi connectivity index (χ0v) is 64.5. The Balaban J connectivity index is 2.00. The number of aromatic hydroxyl groups is 1. The minimum absolute atomic E-state index is 0.0000726. The highest BCUT2D eigenvalue weighted by molar-refractivity contribution is 6.00. The first-order chi connectivity index (χ1) is 52.9. The van der Waals surface area contributed by atoms with Crippen LogP contribution in [0.1, 0.15) is 129 Å². The van der Waals surface area contributed by atoms with Gasteiger partial charge in [-0.2, -0.15) is 0 Å². The summed E-state index contributed by atoms with van der Waals surface area (Å²) in [6.45, 7) is 9.84. The molecule has 29 N–H and O–H groups in total. The molecule has 0 aromatic heterocycles. The molecular weight excluding hydrogens is 1450 g/mol. The fourth-order valence-corrected chi connectivity index (χ4v) is 11.3. The van der Waals surface area contributed by atoms with E-state index in [1.165, 1.54) is 12.1 Å². The van der Waals surface area contributed by atoms with Crippen LogP contribution in [0.15, 0.2) is 94.9 Å². The average molecular weight is 1570 g/mol. The van der Waals surface area contributed by atoms with Crippen molar-refractivity contribution < 1.29 is 82.4 Å².